The Labute approximate surface area is 181 Å². The number of aliphatic imine (C=N–C) groups is 1. The largest absolute Gasteiger partial charge is 0.494 e. The highest BCUT2D eigenvalue weighted by atomic mass is 16.5. The van der Waals surface area contributed by atoms with Crippen molar-refractivity contribution in [2.45, 2.75) is 59.2 Å². The van der Waals surface area contributed by atoms with Crippen LogP contribution in [0.25, 0.3) is 0 Å². The summed E-state index contributed by atoms with van der Waals surface area (Å²) in [4.78, 5) is 7.31. The zero-order chi connectivity index (χ0) is 21.6. The second-order valence-corrected chi connectivity index (χ2v) is 8.59. The summed E-state index contributed by atoms with van der Waals surface area (Å²) in [5.74, 6) is 2.68. The SMILES string of the molecule is CCNC(=NCc1cc2c(cc1OCC)CC(C)O2)NCC(C)(C)N1CCOCC1. The van der Waals surface area contributed by atoms with Crippen molar-refractivity contribution in [1.82, 2.24) is 15.5 Å². The van der Waals surface area contributed by atoms with Crippen LogP contribution in [0.5, 0.6) is 11.5 Å². The lowest BCUT2D eigenvalue weighted by molar-refractivity contribution is -0.00834. The number of guanidine groups is 1. The topological polar surface area (TPSA) is 67.4 Å². The summed E-state index contributed by atoms with van der Waals surface area (Å²) in [7, 11) is 0. The first-order chi connectivity index (χ1) is 14.4. The number of fused-ring (bicyclic) bond motifs is 1. The second-order valence-electron chi connectivity index (χ2n) is 8.59. The van der Waals surface area contributed by atoms with Crippen molar-refractivity contribution in [2.24, 2.45) is 4.99 Å². The number of rotatable bonds is 8. The van der Waals surface area contributed by atoms with Gasteiger partial charge in [0.2, 0.25) is 0 Å². The van der Waals surface area contributed by atoms with Gasteiger partial charge in [-0.2, -0.15) is 0 Å². The second kappa shape index (κ2) is 10.4. The molecule has 1 atom stereocenters. The van der Waals surface area contributed by atoms with E-state index in [0.717, 1.165) is 68.8 Å². The van der Waals surface area contributed by atoms with E-state index in [9.17, 15) is 0 Å². The molecule has 0 bridgehead atoms. The van der Waals surface area contributed by atoms with Gasteiger partial charge < -0.3 is 24.8 Å². The zero-order valence-electron chi connectivity index (χ0n) is 19.2. The van der Waals surface area contributed by atoms with E-state index in [1.807, 2.05) is 6.92 Å². The molecule has 7 nitrogen and oxygen atoms in total. The first-order valence-electron chi connectivity index (χ1n) is 11.2. The van der Waals surface area contributed by atoms with Crippen LogP contribution in [0.1, 0.15) is 45.7 Å². The monoisotopic (exact) mass is 418 g/mol. The number of ether oxygens (including phenoxy) is 3. The Kier molecular flexibility index (Phi) is 7.83. The van der Waals surface area contributed by atoms with Crippen LogP contribution in [-0.4, -0.2) is 68.5 Å². The Balaban J connectivity index is 1.69. The molecular formula is C23H38N4O3. The van der Waals surface area contributed by atoms with Gasteiger partial charge in [-0.15, -0.1) is 0 Å². The lowest BCUT2D eigenvalue weighted by Crippen LogP contribution is -2.56. The third kappa shape index (κ3) is 5.79. The summed E-state index contributed by atoms with van der Waals surface area (Å²) in [5, 5.41) is 6.89. The van der Waals surface area contributed by atoms with Crippen LogP contribution >= 0.6 is 0 Å². The molecule has 2 heterocycles. The third-order valence-electron chi connectivity index (χ3n) is 5.69. The van der Waals surface area contributed by atoms with Gasteiger partial charge in [0.1, 0.15) is 17.6 Å². The van der Waals surface area contributed by atoms with Gasteiger partial charge in [0.15, 0.2) is 5.96 Å². The van der Waals surface area contributed by atoms with E-state index in [-0.39, 0.29) is 11.6 Å². The average Bonchev–Trinajstić information content (AvgIpc) is 3.09. The summed E-state index contributed by atoms with van der Waals surface area (Å²) in [6.45, 7) is 17.1. The van der Waals surface area contributed by atoms with Crippen LogP contribution in [-0.2, 0) is 17.7 Å². The fourth-order valence-corrected chi connectivity index (χ4v) is 3.98. The molecule has 0 spiro atoms. The number of hydrogen-bond donors (Lipinski definition) is 2. The van der Waals surface area contributed by atoms with Crippen LogP contribution in [0.15, 0.2) is 17.1 Å². The van der Waals surface area contributed by atoms with E-state index in [0.29, 0.717) is 13.2 Å². The zero-order valence-corrected chi connectivity index (χ0v) is 19.2. The van der Waals surface area contributed by atoms with Crippen LogP contribution in [0.2, 0.25) is 0 Å². The molecule has 3 rings (SSSR count). The fraction of sp³-hybridized carbons (Fsp3) is 0.696. The minimum absolute atomic E-state index is 0.0218. The van der Waals surface area contributed by atoms with E-state index in [1.165, 1.54) is 5.56 Å². The minimum Gasteiger partial charge on any atom is -0.494 e. The third-order valence-corrected chi connectivity index (χ3v) is 5.69. The van der Waals surface area contributed by atoms with Crippen molar-refractivity contribution in [3.05, 3.63) is 23.3 Å². The lowest BCUT2D eigenvalue weighted by atomic mass is 10.0. The highest BCUT2D eigenvalue weighted by Gasteiger charge is 2.28. The number of morpholine rings is 1. The molecule has 2 aliphatic heterocycles. The van der Waals surface area contributed by atoms with Gasteiger partial charge in [0.05, 0.1) is 26.4 Å². The molecule has 1 unspecified atom stereocenters. The van der Waals surface area contributed by atoms with Crippen molar-refractivity contribution in [3.63, 3.8) is 0 Å². The summed E-state index contributed by atoms with van der Waals surface area (Å²) in [5.41, 5.74) is 2.29. The maximum atomic E-state index is 5.94. The molecule has 7 heteroatoms. The molecule has 1 fully saturated rings. The summed E-state index contributed by atoms with van der Waals surface area (Å²) in [6, 6.07) is 4.21. The Morgan fingerprint density at radius 3 is 2.70 bits per heavy atom. The van der Waals surface area contributed by atoms with Crippen molar-refractivity contribution in [1.29, 1.82) is 0 Å². The average molecular weight is 419 g/mol. The molecule has 0 aliphatic carbocycles. The number of hydrogen-bond acceptors (Lipinski definition) is 5. The fourth-order valence-electron chi connectivity index (χ4n) is 3.98. The summed E-state index contributed by atoms with van der Waals surface area (Å²) < 4.78 is 17.3. The Hall–Kier alpha value is -1.99. The molecule has 168 valence electrons. The summed E-state index contributed by atoms with van der Waals surface area (Å²) in [6.07, 6.45) is 1.15. The highest BCUT2D eigenvalue weighted by molar-refractivity contribution is 5.79. The normalized spacial score (nSPS) is 19.9. The molecule has 0 amide bonds. The van der Waals surface area contributed by atoms with Crippen LogP contribution < -0.4 is 20.1 Å². The van der Waals surface area contributed by atoms with Gasteiger partial charge in [0, 0.05) is 49.3 Å². The molecule has 0 saturated carbocycles. The molecule has 1 aromatic rings. The molecule has 30 heavy (non-hydrogen) atoms. The highest BCUT2D eigenvalue weighted by Crippen LogP contribution is 2.35. The predicted molar refractivity (Wildman–Crippen MR) is 121 cm³/mol. The molecule has 2 aliphatic rings. The van der Waals surface area contributed by atoms with E-state index in [1.54, 1.807) is 0 Å². The number of nitrogens with zero attached hydrogens (tertiary/aromatic N) is 2. The first kappa shape index (κ1) is 22.7. The lowest BCUT2D eigenvalue weighted by Gasteiger charge is -2.41. The molecule has 1 aromatic carbocycles. The first-order valence-corrected chi connectivity index (χ1v) is 11.2. The Morgan fingerprint density at radius 1 is 1.23 bits per heavy atom. The van der Waals surface area contributed by atoms with Gasteiger partial charge >= 0.3 is 0 Å². The predicted octanol–water partition coefficient (Wildman–Crippen LogP) is 2.57. The Bertz CT molecular complexity index is 729. The minimum atomic E-state index is 0.0218. The molecule has 0 radical (unpaired) electrons. The standard InChI is InChI=1S/C23H38N4O3/c1-6-24-22(26-16-23(4,5)27-8-10-28-11-9-27)25-15-19-14-21-18(12-17(3)30-21)13-20(19)29-7-2/h13-14,17H,6-12,15-16H2,1-5H3,(H2,24,25,26). The van der Waals surface area contributed by atoms with E-state index >= 15 is 0 Å². The molecular weight excluding hydrogens is 380 g/mol. The van der Waals surface area contributed by atoms with E-state index in [4.69, 9.17) is 19.2 Å². The van der Waals surface area contributed by atoms with Crippen LogP contribution in [0, 0.1) is 0 Å². The van der Waals surface area contributed by atoms with Gasteiger partial charge in [-0.25, -0.2) is 4.99 Å². The van der Waals surface area contributed by atoms with Crippen molar-refractivity contribution < 1.29 is 14.2 Å². The van der Waals surface area contributed by atoms with Gasteiger partial charge in [-0.3, -0.25) is 4.90 Å². The van der Waals surface area contributed by atoms with Crippen molar-refractivity contribution in [3.8, 4) is 11.5 Å². The molecule has 2 N–H and O–H groups in total. The van der Waals surface area contributed by atoms with Gasteiger partial charge in [-0.05, 0) is 46.8 Å². The maximum absolute atomic E-state index is 5.94. The quantitative estimate of drug-likeness (QED) is 0.500. The smallest absolute Gasteiger partial charge is 0.191 e. The van der Waals surface area contributed by atoms with Crippen molar-refractivity contribution >= 4 is 5.96 Å². The van der Waals surface area contributed by atoms with E-state index in [2.05, 4.69) is 55.4 Å². The summed E-state index contributed by atoms with van der Waals surface area (Å²) >= 11 is 0. The number of nitrogens with one attached hydrogen (secondary N) is 2. The van der Waals surface area contributed by atoms with Crippen LogP contribution in [0.4, 0.5) is 0 Å². The van der Waals surface area contributed by atoms with E-state index < -0.39 is 0 Å². The van der Waals surface area contributed by atoms with Gasteiger partial charge in [0.25, 0.3) is 0 Å². The van der Waals surface area contributed by atoms with Crippen molar-refractivity contribution in [2.75, 3.05) is 46.0 Å². The maximum Gasteiger partial charge on any atom is 0.191 e. The van der Waals surface area contributed by atoms with Gasteiger partial charge in [-0.1, -0.05) is 0 Å². The molecule has 1 saturated heterocycles. The Morgan fingerprint density at radius 2 is 2.00 bits per heavy atom. The molecule has 0 aromatic heterocycles. The number of benzene rings is 1. The van der Waals surface area contributed by atoms with Crippen LogP contribution in [0.3, 0.4) is 0 Å².